The van der Waals surface area contributed by atoms with Crippen LogP contribution in [-0.4, -0.2) is 33.7 Å². The molecule has 27 heavy (non-hydrogen) atoms. The topological polar surface area (TPSA) is 75.7 Å². The van der Waals surface area contributed by atoms with Crippen molar-refractivity contribution in [1.82, 2.24) is 5.32 Å². The van der Waals surface area contributed by atoms with Crippen LogP contribution in [0.3, 0.4) is 0 Å². The van der Waals surface area contributed by atoms with Crippen LogP contribution in [0.4, 0.5) is 5.69 Å². The third kappa shape index (κ3) is 5.37. The van der Waals surface area contributed by atoms with E-state index in [4.69, 9.17) is 16.3 Å². The van der Waals surface area contributed by atoms with Crippen LogP contribution in [0.1, 0.15) is 18.9 Å². The zero-order valence-electron chi connectivity index (χ0n) is 15.5. The molecule has 0 spiro atoms. The number of ether oxygens (including phenoxy) is 1. The van der Waals surface area contributed by atoms with Crippen LogP contribution >= 0.6 is 11.6 Å². The molecule has 146 valence electrons. The molecule has 2 aromatic rings. The fraction of sp³-hybridized carbons (Fsp3) is 0.316. The van der Waals surface area contributed by atoms with E-state index >= 15 is 0 Å². The lowest BCUT2D eigenvalue weighted by Gasteiger charge is -2.30. The van der Waals surface area contributed by atoms with Gasteiger partial charge in [0.2, 0.25) is 15.9 Å². The van der Waals surface area contributed by atoms with E-state index in [1.54, 1.807) is 49.4 Å². The van der Waals surface area contributed by atoms with Crippen LogP contribution in [0, 0.1) is 0 Å². The Balaban J connectivity index is 2.29. The maximum absolute atomic E-state index is 12.8. The van der Waals surface area contributed by atoms with Gasteiger partial charge in [0.25, 0.3) is 0 Å². The highest BCUT2D eigenvalue weighted by Crippen LogP contribution is 2.26. The Morgan fingerprint density at radius 3 is 2.52 bits per heavy atom. The van der Waals surface area contributed by atoms with Gasteiger partial charge in [0, 0.05) is 17.6 Å². The molecule has 0 saturated carbocycles. The van der Waals surface area contributed by atoms with Crippen molar-refractivity contribution in [2.75, 3.05) is 17.7 Å². The van der Waals surface area contributed by atoms with E-state index in [9.17, 15) is 13.2 Å². The zero-order chi connectivity index (χ0) is 20.0. The summed E-state index contributed by atoms with van der Waals surface area (Å²) in [6.45, 7) is 1.98. The Hall–Kier alpha value is -2.25. The van der Waals surface area contributed by atoms with Crippen molar-refractivity contribution in [3.8, 4) is 5.75 Å². The predicted molar refractivity (Wildman–Crippen MR) is 108 cm³/mol. The van der Waals surface area contributed by atoms with Crippen LogP contribution in [0.15, 0.2) is 48.5 Å². The Morgan fingerprint density at radius 1 is 1.22 bits per heavy atom. The Kier molecular flexibility index (Phi) is 7.10. The second kappa shape index (κ2) is 9.10. The standard InChI is InChI=1S/C19H23ClN2O4S/c1-4-18(19(23)21-13-14-8-5-6-11-17(14)20)22(27(3,24)25)15-9-7-10-16(12-15)26-2/h5-12,18H,4,13H2,1-3H3,(H,21,23). The number of rotatable bonds is 8. The number of nitrogens with one attached hydrogen (secondary N) is 1. The van der Waals surface area contributed by atoms with Crippen molar-refractivity contribution < 1.29 is 17.9 Å². The molecule has 0 aromatic heterocycles. The minimum absolute atomic E-state index is 0.213. The summed E-state index contributed by atoms with van der Waals surface area (Å²) in [5.74, 6) is 0.109. The lowest BCUT2D eigenvalue weighted by atomic mass is 10.1. The van der Waals surface area contributed by atoms with E-state index in [1.165, 1.54) is 7.11 Å². The average molecular weight is 411 g/mol. The highest BCUT2D eigenvalue weighted by molar-refractivity contribution is 7.92. The Morgan fingerprint density at radius 2 is 1.93 bits per heavy atom. The molecule has 1 unspecified atom stereocenters. The van der Waals surface area contributed by atoms with Crippen LogP contribution in [0.5, 0.6) is 5.75 Å². The van der Waals surface area contributed by atoms with Gasteiger partial charge in [-0.2, -0.15) is 0 Å². The minimum Gasteiger partial charge on any atom is -0.497 e. The summed E-state index contributed by atoms with van der Waals surface area (Å²) >= 11 is 6.11. The number of carbonyl (C=O) groups is 1. The van der Waals surface area contributed by atoms with Crippen LogP contribution in [0.2, 0.25) is 5.02 Å². The number of anilines is 1. The van der Waals surface area contributed by atoms with Gasteiger partial charge in [0.05, 0.1) is 19.1 Å². The molecule has 2 aromatic carbocycles. The number of hydrogen-bond acceptors (Lipinski definition) is 4. The molecule has 0 fully saturated rings. The molecule has 0 heterocycles. The van der Waals surface area contributed by atoms with E-state index in [2.05, 4.69) is 5.32 Å². The quantitative estimate of drug-likeness (QED) is 0.725. The number of methoxy groups -OCH3 is 1. The maximum Gasteiger partial charge on any atom is 0.244 e. The first-order chi connectivity index (χ1) is 12.8. The van der Waals surface area contributed by atoms with Gasteiger partial charge >= 0.3 is 0 Å². The molecule has 2 rings (SSSR count). The van der Waals surface area contributed by atoms with Crippen molar-refractivity contribution in [2.24, 2.45) is 0 Å². The van der Waals surface area contributed by atoms with Crippen molar-refractivity contribution in [2.45, 2.75) is 25.9 Å². The number of hydrogen-bond donors (Lipinski definition) is 1. The smallest absolute Gasteiger partial charge is 0.244 e. The monoisotopic (exact) mass is 410 g/mol. The summed E-state index contributed by atoms with van der Waals surface area (Å²) in [6.07, 6.45) is 1.38. The third-order valence-electron chi connectivity index (χ3n) is 4.05. The molecule has 1 N–H and O–H groups in total. The fourth-order valence-electron chi connectivity index (χ4n) is 2.75. The van der Waals surface area contributed by atoms with Crippen LogP contribution < -0.4 is 14.4 Å². The van der Waals surface area contributed by atoms with Crippen molar-refractivity contribution in [3.63, 3.8) is 0 Å². The molecule has 1 amide bonds. The summed E-state index contributed by atoms with van der Waals surface area (Å²) in [5.41, 5.74) is 1.13. The first-order valence-corrected chi connectivity index (χ1v) is 10.6. The van der Waals surface area contributed by atoms with E-state index < -0.39 is 22.0 Å². The molecular formula is C19H23ClN2O4S. The van der Waals surface area contributed by atoms with Gasteiger partial charge in [0.1, 0.15) is 11.8 Å². The summed E-state index contributed by atoms with van der Waals surface area (Å²) in [4.78, 5) is 12.8. The minimum atomic E-state index is -3.70. The molecule has 1 atom stereocenters. The van der Waals surface area contributed by atoms with Gasteiger partial charge in [-0.3, -0.25) is 9.10 Å². The molecule has 0 saturated heterocycles. The number of sulfonamides is 1. The van der Waals surface area contributed by atoms with E-state index in [1.807, 2.05) is 6.07 Å². The van der Waals surface area contributed by atoms with Crippen molar-refractivity contribution in [1.29, 1.82) is 0 Å². The molecule has 0 aliphatic heterocycles. The summed E-state index contributed by atoms with van der Waals surface area (Å²) in [6, 6.07) is 12.9. The van der Waals surface area contributed by atoms with Gasteiger partial charge in [-0.15, -0.1) is 0 Å². The highest BCUT2D eigenvalue weighted by Gasteiger charge is 2.31. The molecule has 0 radical (unpaired) electrons. The van der Waals surface area contributed by atoms with Crippen LogP contribution in [-0.2, 0) is 21.4 Å². The fourth-order valence-corrected chi connectivity index (χ4v) is 4.16. The second-order valence-electron chi connectivity index (χ2n) is 5.99. The number of benzene rings is 2. The Labute approximate surface area is 165 Å². The van der Waals surface area contributed by atoms with E-state index in [-0.39, 0.29) is 6.54 Å². The molecule has 0 bridgehead atoms. The van der Waals surface area contributed by atoms with Crippen molar-refractivity contribution >= 4 is 33.2 Å². The largest absolute Gasteiger partial charge is 0.497 e. The SMILES string of the molecule is CCC(C(=O)NCc1ccccc1Cl)N(c1cccc(OC)c1)S(C)(=O)=O. The lowest BCUT2D eigenvalue weighted by Crippen LogP contribution is -2.49. The van der Waals surface area contributed by atoms with Gasteiger partial charge in [-0.05, 0) is 30.2 Å². The first-order valence-electron chi connectivity index (χ1n) is 8.42. The van der Waals surface area contributed by atoms with Gasteiger partial charge in [-0.25, -0.2) is 8.42 Å². The van der Waals surface area contributed by atoms with Gasteiger partial charge in [0.15, 0.2) is 0 Å². The first kappa shape index (κ1) is 21.1. The molecular weight excluding hydrogens is 388 g/mol. The number of halogens is 1. The Bertz CT molecular complexity index is 902. The maximum atomic E-state index is 12.8. The van der Waals surface area contributed by atoms with Crippen LogP contribution in [0.25, 0.3) is 0 Å². The lowest BCUT2D eigenvalue weighted by molar-refractivity contribution is -0.122. The zero-order valence-corrected chi connectivity index (χ0v) is 17.0. The third-order valence-corrected chi connectivity index (χ3v) is 5.60. The van der Waals surface area contributed by atoms with E-state index in [0.29, 0.717) is 22.9 Å². The number of carbonyl (C=O) groups excluding carboxylic acids is 1. The van der Waals surface area contributed by atoms with Gasteiger partial charge < -0.3 is 10.1 Å². The molecule has 0 aliphatic carbocycles. The molecule has 0 aliphatic rings. The van der Waals surface area contributed by atoms with E-state index in [0.717, 1.165) is 16.1 Å². The summed E-state index contributed by atoms with van der Waals surface area (Å²) in [5, 5.41) is 3.32. The highest BCUT2D eigenvalue weighted by atomic mass is 35.5. The summed E-state index contributed by atoms with van der Waals surface area (Å²) in [7, 11) is -2.20. The normalized spacial score (nSPS) is 12.3. The number of amides is 1. The number of nitrogens with zero attached hydrogens (tertiary/aromatic N) is 1. The molecule has 6 nitrogen and oxygen atoms in total. The predicted octanol–water partition coefficient (Wildman–Crippen LogP) is 3.21. The molecule has 8 heteroatoms. The average Bonchev–Trinajstić information content (AvgIpc) is 2.64. The van der Waals surface area contributed by atoms with Crippen molar-refractivity contribution in [3.05, 3.63) is 59.1 Å². The summed E-state index contributed by atoms with van der Waals surface area (Å²) < 4.78 is 31.2. The van der Waals surface area contributed by atoms with Gasteiger partial charge in [-0.1, -0.05) is 42.8 Å². The second-order valence-corrected chi connectivity index (χ2v) is 8.26.